The molecule has 1 saturated heterocycles. The standard InChI is InChI=1S/C7H12O6/c1-12-6(10)4-2-3(8)5(9)7(11)13-4/h3-5,7-9,11H,2H2,1H3/t3-,4-,5-,7?/m0/s1. The molecule has 3 N–H and O–H groups in total. The molecule has 1 unspecified atom stereocenters. The van der Waals surface area contributed by atoms with Gasteiger partial charge in [0.2, 0.25) is 0 Å². The van der Waals surface area contributed by atoms with E-state index in [0.29, 0.717) is 0 Å². The van der Waals surface area contributed by atoms with Crippen molar-refractivity contribution in [3.63, 3.8) is 0 Å². The average molecular weight is 192 g/mol. The predicted octanol–water partition coefficient (Wildman–Crippen LogP) is -2.01. The molecule has 0 saturated carbocycles. The maximum atomic E-state index is 10.9. The summed E-state index contributed by atoms with van der Waals surface area (Å²) in [4.78, 5) is 10.9. The third-order valence-electron chi connectivity index (χ3n) is 1.91. The van der Waals surface area contributed by atoms with Gasteiger partial charge in [-0.05, 0) is 0 Å². The lowest BCUT2D eigenvalue weighted by Gasteiger charge is -2.32. The van der Waals surface area contributed by atoms with Gasteiger partial charge in [0.05, 0.1) is 13.2 Å². The van der Waals surface area contributed by atoms with Gasteiger partial charge in [-0.15, -0.1) is 0 Å². The van der Waals surface area contributed by atoms with Gasteiger partial charge in [0.25, 0.3) is 0 Å². The summed E-state index contributed by atoms with van der Waals surface area (Å²) in [5.41, 5.74) is 0. The molecule has 0 aromatic heterocycles. The average Bonchev–Trinajstić information content (AvgIpc) is 2.12. The number of hydrogen-bond acceptors (Lipinski definition) is 6. The number of aliphatic hydroxyl groups excluding tert-OH is 3. The van der Waals surface area contributed by atoms with Crippen LogP contribution in [0.5, 0.6) is 0 Å². The van der Waals surface area contributed by atoms with Crippen LogP contribution in [0.4, 0.5) is 0 Å². The Morgan fingerprint density at radius 1 is 1.46 bits per heavy atom. The first-order chi connectivity index (χ1) is 6.06. The summed E-state index contributed by atoms with van der Waals surface area (Å²) < 4.78 is 9.05. The molecule has 0 amide bonds. The normalized spacial score (nSPS) is 40.0. The van der Waals surface area contributed by atoms with E-state index in [0.717, 1.165) is 0 Å². The molecule has 6 nitrogen and oxygen atoms in total. The van der Waals surface area contributed by atoms with Gasteiger partial charge in [-0.1, -0.05) is 0 Å². The molecule has 0 aliphatic carbocycles. The van der Waals surface area contributed by atoms with Crippen molar-refractivity contribution in [1.29, 1.82) is 0 Å². The Kier molecular flexibility index (Phi) is 3.21. The van der Waals surface area contributed by atoms with E-state index in [1.165, 1.54) is 7.11 Å². The third-order valence-corrected chi connectivity index (χ3v) is 1.91. The first-order valence-electron chi connectivity index (χ1n) is 3.83. The van der Waals surface area contributed by atoms with Crippen LogP contribution in [-0.4, -0.2) is 53.0 Å². The molecule has 1 fully saturated rings. The van der Waals surface area contributed by atoms with Crippen LogP contribution in [0.3, 0.4) is 0 Å². The second-order valence-electron chi connectivity index (χ2n) is 2.83. The van der Waals surface area contributed by atoms with E-state index in [-0.39, 0.29) is 6.42 Å². The van der Waals surface area contributed by atoms with Gasteiger partial charge in [-0.2, -0.15) is 0 Å². The highest BCUT2D eigenvalue weighted by atomic mass is 16.6. The highest BCUT2D eigenvalue weighted by Crippen LogP contribution is 2.19. The molecule has 6 heteroatoms. The van der Waals surface area contributed by atoms with Crippen molar-refractivity contribution in [3.8, 4) is 0 Å². The quantitative estimate of drug-likeness (QED) is 0.415. The summed E-state index contributed by atoms with van der Waals surface area (Å²) in [5, 5.41) is 27.2. The minimum absolute atomic E-state index is 0.0785. The maximum Gasteiger partial charge on any atom is 0.335 e. The second kappa shape index (κ2) is 4.01. The van der Waals surface area contributed by atoms with Crippen LogP contribution in [-0.2, 0) is 14.3 Å². The SMILES string of the molecule is COC(=O)[C@@H]1C[C@H](O)[C@H](O)C(O)O1. The van der Waals surface area contributed by atoms with E-state index >= 15 is 0 Å². The molecule has 0 aromatic carbocycles. The van der Waals surface area contributed by atoms with Gasteiger partial charge in [0, 0.05) is 6.42 Å². The summed E-state index contributed by atoms with van der Waals surface area (Å²) in [7, 11) is 1.18. The van der Waals surface area contributed by atoms with Crippen molar-refractivity contribution >= 4 is 5.97 Å². The Morgan fingerprint density at radius 2 is 2.08 bits per heavy atom. The van der Waals surface area contributed by atoms with E-state index in [2.05, 4.69) is 4.74 Å². The first kappa shape index (κ1) is 10.4. The molecule has 1 aliphatic heterocycles. The fourth-order valence-electron chi connectivity index (χ4n) is 1.14. The molecular formula is C7H12O6. The summed E-state index contributed by atoms with van der Waals surface area (Å²) in [5.74, 6) is -0.676. The number of methoxy groups -OCH3 is 1. The number of hydrogen-bond donors (Lipinski definition) is 3. The molecule has 4 atom stereocenters. The van der Waals surface area contributed by atoms with Crippen LogP contribution < -0.4 is 0 Å². The van der Waals surface area contributed by atoms with Crippen molar-refractivity contribution in [1.82, 2.24) is 0 Å². The van der Waals surface area contributed by atoms with Crippen molar-refractivity contribution in [2.24, 2.45) is 0 Å². The van der Waals surface area contributed by atoms with Crippen LogP contribution >= 0.6 is 0 Å². The molecule has 1 rings (SSSR count). The zero-order chi connectivity index (χ0) is 10.0. The number of rotatable bonds is 1. The van der Waals surface area contributed by atoms with E-state index in [9.17, 15) is 4.79 Å². The number of carbonyl (C=O) groups excluding carboxylic acids is 1. The number of aliphatic hydroxyl groups is 3. The Hall–Kier alpha value is -0.690. The highest BCUT2D eigenvalue weighted by molar-refractivity contribution is 5.74. The van der Waals surface area contributed by atoms with Crippen LogP contribution in [0.25, 0.3) is 0 Å². The fraction of sp³-hybridized carbons (Fsp3) is 0.857. The number of ether oxygens (including phenoxy) is 2. The summed E-state index contributed by atoms with van der Waals surface area (Å²) >= 11 is 0. The lowest BCUT2D eigenvalue weighted by atomic mass is 10.0. The summed E-state index contributed by atoms with van der Waals surface area (Å²) in [6.07, 6.45) is -5.19. The van der Waals surface area contributed by atoms with Crippen molar-refractivity contribution in [2.45, 2.75) is 31.0 Å². The molecule has 0 aromatic rings. The monoisotopic (exact) mass is 192 g/mol. The molecule has 1 aliphatic rings. The largest absolute Gasteiger partial charge is 0.467 e. The molecule has 13 heavy (non-hydrogen) atoms. The highest BCUT2D eigenvalue weighted by Gasteiger charge is 2.39. The van der Waals surface area contributed by atoms with Crippen LogP contribution in [0.15, 0.2) is 0 Å². The fourth-order valence-corrected chi connectivity index (χ4v) is 1.14. The Labute approximate surface area is 74.7 Å². The first-order valence-corrected chi connectivity index (χ1v) is 3.83. The zero-order valence-corrected chi connectivity index (χ0v) is 7.08. The number of esters is 1. The van der Waals surface area contributed by atoms with Gasteiger partial charge in [-0.3, -0.25) is 0 Å². The summed E-state index contributed by atoms with van der Waals surface area (Å²) in [6, 6.07) is 0. The molecule has 0 spiro atoms. The molecule has 0 bridgehead atoms. The van der Waals surface area contributed by atoms with E-state index in [1.54, 1.807) is 0 Å². The Bertz CT molecular complexity index is 181. The lowest BCUT2D eigenvalue weighted by molar-refractivity contribution is -0.249. The van der Waals surface area contributed by atoms with Gasteiger partial charge in [-0.25, -0.2) is 4.79 Å². The number of carbonyl (C=O) groups is 1. The summed E-state index contributed by atoms with van der Waals surface area (Å²) in [6.45, 7) is 0. The van der Waals surface area contributed by atoms with Crippen molar-refractivity contribution < 1.29 is 29.6 Å². The second-order valence-corrected chi connectivity index (χ2v) is 2.83. The predicted molar refractivity (Wildman–Crippen MR) is 39.5 cm³/mol. The molecule has 1 heterocycles. The molecule has 76 valence electrons. The van der Waals surface area contributed by atoms with Crippen LogP contribution in [0, 0.1) is 0 Å². The minimum Gasteiger partial charge on any atom is -0.467 e. The molecule has 0 radical (unpaired) electrons. The minimum atomic E-state index is -1.55. The van der Waals surface area contributed by atoms with E-state index in [1.807, 2.05) is 0 Å². The Morgan fingerprint density at radius 3 is 2.54 bits per heavy atom. The van der Waals surface area contributed by atoms with Crippen molar-refractivity contribution in [3.05, 3.63) is 0 Å². The van der Waals surface area contributed by atoms with Crippen molar-refractivity contribution in [2.75, 3.05) is 7.11 Å². The Balaban J connectivity index is 2.58. The van der Waals surface area contributed by atoms with E-state index in [4.69, 9.17) is 20.1 Å². The maximum absolute atomic E-state index is 10.9. The van der Waals surface area contributed by atoms with Gasteiger partial charge >= 0.3 is 5.97 Å². The zero-order valence-electron chi connectivity index (χ0n) is 7.08. The van der Waals surface area contributed by atoms with Crippen LogP contribution in [0.1, 0.15) is 6.42 Å². The third kappa shape index (κ3) is 2.16. The van der Waals surface area contributed by atoms with E-state index < -0.39 is 30.6 Å². The van der Waals surface area contributed by atoms with Gasteiger partial charge in [0.1, 0.15) is 6.10 Å². The smallest absolute Gasteiger partial charge is 0.335 e. The molecular weight excluding hydrogens is 180 g/mol. The van der Waals surface area contributed by atoms with Gasteiger partial charge < -0.3 is 24.8 Å². The lowest BCUT2D eigenvalue weighted by Crippen LogP contribution is -2.50. The van der Waals surface area contributed by atoms with Crippen LogP contribution in [0.2, 0.25) is 0 Å². The van der Waals surface area contributed by atoms with Gasteiger partial charge in [0.15, 0.2) is 12.4 Å². The topological polar surface area (TPSA) is 96.2 Å².